The largest absolute Gasteiger partial charge is 0.497 e. The Kier molecular flexibility index (Phi) is 11.7. The Bertz CT molecular complexity index is 1750. The number of amides is 2. The van der Waals surface area contributed by atoms with Crippen molar-refractivity contribution >= 4 is 39.1 Å². The van der Waals surface area contributed by atoms with Crippen LogP contribution in [0.2, 0.25) is 5.02 Å². The number of methoxy groups -OCH3 is 2. The minimum atomic E-state index is -4.32. The van der Waals surface area contributed by atoms with Crippen molar-refractivity contribution in [2.45, 2.75) is 37.8 Å². The molecule has 0 aliphatic heterocycles. The number of sulfonamides is 1. The normalized spacial score (nSPS) is 11.8. The minimum Gasteiger partial charge on any atom is -0.497 e. The number of ether oxygens (including phenoxy) is 2. The van der Waals surface area contributed by atoms with Crippen molar-refractivity contribution in [3.8, 4) is 11.5 Å². The summed E-state index contributed by atoms with van der Waals surface area (Å²) in [7, 11) is -1.45. The summed E-state index contributed by atoms with van der Waals surface area (Å²) < 4.78 is 40.6. The highest BCUT2D eigenvalue weighted by atomic mass is 35.5. The van der Waals surface area contributed by atoms with Gasteiger partial charge in [0.1, 0.15) is 24.1 Å². The molecule has 4 aromatic rings. The molecule has 0 spiro atoms. The van der Waals surface area contributed by atoms with Gasteiger partial charge in [-0.1, -0.05) is 71.8 Å². The van der Waals surface area contributed by atoms with Gasteiger partial charge in [-0.25, -0.2) is 8.42 Å². The van der Waals surface area contributed by atoms with E-state index in [0.29, 0.717) is 22.9 Å². The third kappa shape index (κ3) is 8.38. The molecular formula is C35H38ClN3O6S. The van der Waals surface area contributed by atoms with Crippen molar-refractivity contribution in [1.82, 2.24) is 10.2 Å². The quantitative estimate of drug-likeness (QED) is 0.187. The van der Waals surface area contributed by atoms with E-state index in [0.717, 1.165) is 15.4 Å². The summed E-state index contributed by atoms with van der Waals surface area (Å²) in [6.07, 6.45) is 0.201. The lowest BCUT2D eigenvalue weighted by molar-refractivity contribution is -0.140. The van der Waals surface area contributed by atoms with Crippen molar-refractivity contribution in [2.24, 2.45) is 0 Å². The predicted molar refractivity (Wildman–Crippen MR) is 180 cm³/mol. The highest BCUT2D eigenvalue weighted by Crippen LogP contribution is 2.36. The SMILES string of the molecule is CCNC(=O)C(Cc1ccccc1)N(Cc1cccc(Cl)c1)C(=O)CN(c1cc(OC)ccc1OC)S(=O)(=O)c1ccc(C)cc1. The van der Waals surface area contributed by atoms with E-state index in [9.17, 15) is 18.0 Å². The predicted octanol–water partition coefficient (Wildman–Crippen LogP) is 5.64. The number of likely N-dealkylation sites (N-methyl/N-ethyl adjacent to an activating group) is 1. The van der Waals surface area contributed by atoms with Gasteiger partial charge < -0.3 is 19.7 Å². The van der Waals surface area contributed by atoms with Crippen LogP contribution in [0.3, 0.4) is 0 Å². The second-order valence-corrected chi connectivity index (χ2v) is 12.9. The molecule has 4 aromatic carbocycles. The van der Waals surface area contributed by atoms with E-state index in [1.54, 1.807) is 55.5 Å². The molecule has 1 atom stereocenters. The van der Waals surface area contributed by atoms with Gasteiger partial charge in [0.25, 0.3) is 10.0 Å². The molecule has 0 saturated carbocycles. The second kappa shape index (κ2) is 15.6. The van der Waals surface area contributed by atoms with Crippen LogP contribution in [0.25, 0.3) is 0 Å². The fourth-order valence-electron chi connectivity index (χ4n) is 5.02. The summed E-state index contributed by atoms with van der Waals surface area (Å²) in [5, 5.41) is 3.32. The number of nitrogens with zero attached hydrogens (tertiary/aromatic N) is 2. The third-order valence-corrected chi connectivity index (χ3v) is 9.42. The topological polar surface area (TPSA) is 105 Å². The van der Waals surface area contributed by atoms with Gasteiger partial charge in [-0.3, -0.25) is 13.9 Å². The molecule has 4 rings (SSSR count). The lowest BCUT2D eigenvalue weighted by atomic mass is 10.0. The number of carbonyl (C=O) groups is 2. The highest BCUT2D eigenvalue weighted by molar-refractivity contribution is 7.92. The monoisotopic (exact) mass is 663 g/mol. The number of rotatable bonds is 14. The molecule has 11 heteroatoms. The van der Waals surface area contributed by atoms with E-state index in [4.69, 9.17) is 21.1 Å². The van der Waals surface area contributed by atoms with Gasteiger partial charge >= 0.3 is 0 Å². The van der Waals surface area contributed by atoms with E-state index in [2.05, 4.69) is 5.32 Å². The molecule has 242 valence electrons. The van der Waals surface area contributed by atoms with E-state index in [1.807, 2.05) is 37.3 Å². The van der Waals surface area contributed by atoms with Gasteiger partial charge in [-0.15, -0.1) is 0 Å². The second-order valence-electron chi connectivity index (χ2n) is 10.6. The van der Waals surface area contributed by atoms with Crippen LogP contribution in [0, 0.1) is 6.92 Å². The first-order chi connectivity index (χ1) is 22.1. The maximum Gasteiger partial charge on any atom is 0.264 e. The zero-order chi connectivity index (χ0) is 33.3. The maximum atomic E-state index is 14.6. The minimum absolute atomic E-state index is 0.00168. The molecule has 0 aliphatic rings. The molecule has 0 heterocycles. The number of carbonyl (C=O) groups excluding carboxylic acids is 2. The fourth-order valence-corrected chi connectivity index (χ4v) is 6.65. The van der Waals surface area contributed by atoms with Crippen molar-refractivity contribution < 1.29 is 27.5 Å². The molecule has 0 radical (unpaired) electrons. The van der Waals surface area contributed by atoms with Gasteiger partial charge in [0, 0.05) is 30.6 Å². The number of aryl methyl sites for hydroxylation is 1. The number of nitrogens with one attached hydrogen (secondary N) is 1. The Morgan fingerprint density at radius 2 is 1.57 bits per heavy atom. The maximum absolute atomic E-state index is 14.6. The molecule has 2 amide bonds. The van der Waals surface area contributed by atoms with Crippen LogP contribution in [-0.2, 0) is 32.6 Å². The average Bonchev–Trinajstić information content (AvgIpc) is 3.05. The van der Waals surface area contributed by atoms with Crippen molar-refractivity contribution in [3.63, 3.8) is 0 Å². The van der Waals surface area contributed by atoms with E-state index in [-0.39, 0.29) is 35.2 Å². The summed E-state index contributed by atoms with van der Waals surface area (Å²) in [6.45, 7) is 3.36. The summed E-state index contributed by atoms with van der Waals surface area (Å²) in [5.74, 6) is -0.385. The lowest BCUT2D eigenvalue weighted by Gasteiger charge is -2.34. The van der Waals surface area contributed by atoms with Crippen LogP contribution < -0.4 is 19.1 Å². The number of benzene rings is 4. The Labute approximate surface area is 275 Å². The summed E-state index contributed by atoms with van der Waals surface area (Å²) in [6, 6.07) is 26.4. The van der Waals surface area contributed by atoms with E-state index < -0.39 is 28.5 Å². The first-order valence-electron chi connectivity index (χ1n) is 14.7. The van der Waals surface area contributed by atoms with Crippen molar-refractivity contribution in [2.75, 3.05) is 31.6 Å². The summed E-state index contributed by atoms with van der Waals surface area (Å²) in [4.78, 5) is 29.6. The zero-order valence-electron chi connectivity index (χ0n) is 26.3. The first-order valence-corrected chi connectivity index (χ1v) is 16.6. The smallest absolute Gasteiger partial charge is 0.264 e. The van der Waals surface area contributed by atoms with Crippen LogP contribution >= 0.6 is 11.6 Å². The Morgan fingerprint density at radius 1 is 0.870 bits per heavy atom. The van der Waals surface area contributed by atoms with Crippen LogP contribution in [0.15, 0.2) is 102 Å². The van der Waals surface area contributed by atoms with Crippen LogP contribution in [0.1, 0.15) is 23.6 Å². The van der Waals surface area contributed by atoms with Gasteiger partial charge in [0.05, 0.1) is 24.8 Å². The lowest BCUT2D eigenvalue weighted by Crippen LogP contribution is -2.53. The fraction of sp³-hybridized carbons (Fsp3) is 0.257. The Morgan fingerprint density at radius 3 is 2.20 bits per heavy atom. The molecule has 0 saturated heterocycles. The van der Waals surface area contributed by atoms with Gasteiger partial charge in [-0.05, 0) is 61.4 Å². The number of halogens is 1. The highest BCUT2D eigenvalue weighted by Gasteiger charge is 2.35. The standard InChI is InChI=1S/C35H38ClN3O6S/c1-5-37-35(41)32(21-26-10-7-6-8-11-26)38(23-27-12-9-13-28(36)20-27)34(40)24-39(31-22-29(44-3)16-19-33(31)45-4)46(42,43)30-17-14-25(2)15-18-30/h6-20,22,32H,5,21,23-24H2,1-4H3,(H,37,41). The first kappa shape index (κ1) is 34.3. The van der Waals surface area contributed by atoms with Crippen molar-refractivity contribution in [1.29, 1.82) is 0 Å². The number of hydrogen-bond acceptors (Lipinski definition) is 6. The molecule has 0 aliphatic carbocycles. The molecule has 46 heavy (non-hydrogen) atoms. The van der Waals surface area contributed by atoms with Crippen LogP contribution in [-0.4, -0.2) is 58.5 Å². The van der Waals surface area contributed by atoms with Crippen LogP contribution in [0.4, 0.5) is 5.69 Å². The van der Waals surface area contributed by atoms with E-state index in [1.165, 1.54) is 37.3 Å². The number of hydrogen-bond donors (Lipinski definition) is 1. The summed E-state index contributed by atoms with van der Waals surface area (Å²) in [5.41, 5.74) is 2.49. The van der Waals surface area contributed by atoms with Gasteiger partial charge in [0.15, 0.2) is 0 Å². The molecule has 0 aromatic heterocycles. The van der Waals surface area contributed by atoms with Gasteiger partial charge in [-0.2, -0.15) is 0 Å². The summed E-state index contributed by atoms with van der Waals surface area (Å²) >= 11 is 6.30. The Balaban J connectivity index is 1.86. The zero-order valence-corrected chi connectivity index (χ0v) is 27.8. The molecule has 0 bridgehead atoms. The molecule has 1 unspecified atom stereocenters. The molecular weight excluding hydrogens is 626 g/mol. The average molecular weight is 664 g/mol. The third-order valence-electron chi connectivity index (χ3n) is 7.41. The van der Waals surface area contributed by atoms with Crippen LogP contribution in [0.5, 0.6) is 11.5 Å². The molecule has 0 fully saturated rings. The van der Waals surface area contributed by atoms with Crippen molar-refractivity contribution in [3.05, 3.63) is 119 Å². The molecule has 9 nitrogen and oxygen atoms in total. The number of anilines is 1. The Hall–Kier alpha value is -4.54. The van der Waals surface area contributed by atoms with E-state index >= 15 is 0 Å². The molecule has 1 N–H and O–H groups in total. The van der Waals surface area contributed by atoms with Gasteiger partial charge in [0.2, 0.25) is 11.8 Å².